The minimum absolute atomic E-state index is 0.152. The van der Waals surface area contributed by atoms with Crippen LogP contribution in [0.15, 0.2) is 30.5 Å². The molecule has 0 aliphatic heterocycles. The molecule has 4 heteroatoms. The van der Waals surface area contributed by atoms with Crippen LogP contribution in [-0.4, -0.2) is 15.8 Å². The van der Waals surface area contributed by atoms with Crippen molar-refractivity contribution in [2.45, 2.75) is 6.92 Å². The van der Waals surface area contributed by atoms with Crippen molar-refractivity contribution < 1.29 is 10.0 Å². The van der Waals surface area contributed by atoms with Gasteiger partial charge in [-0.15, -0.1) is 0 Å². The van der Waals surface area contributed by atoms with E-state index >= 15 is 0 Å². The molecule has 1 heterocycles. The highest BCUT2D eigenvalue weighted by atomic mass is 16.5. The fourth-order valence-corrected chi connectivity index (χ4v) is 1.45. The fourth-order valence-electron chi connectivity index (χ4n) is 1.45. The summed E-state index contributed by atoms with van der Waals surface area (Å²) in [4.78, 5) is 10.9. The lowest BCUT2D eigenvalue weighted by atomic mass is 10.2. The summed E-state index contributed by atoms with van der Waals surface area (Å²) in [6, 6.07) is 7.30. The van der Waals surface area contributed by atoms with Crippen molar-refractivity contribution in [3.05, 3.63) is 30.5 Å². The summed E-state index contributed by atoms with van der Waals surface area (Å²) in [5.41, 5.74) is 1.30. The molecule has 0 aliphatic carbocycles. The van der Waals surface area contributed by atoms with Gasteiger partial charge in [-0.1, -0.05) is 18.2 Å². The number of aromatic nitrogens is 1. The van der Waals surface area contributed by atoms with Gasteiger partial charge in [0.25, 0.3) is 0 Å². The Bertz CT molecular complexity index is 488. The number of anilines is 1. The van der Waals surface area contributed by atoms with Crippen molar-refractivity contribution in [2.24, 2.45) is 0 Å². The van der Waals surface area contributed by atoms with Gasteiger partial charge in [0.2, 0.25) is 5.91 Å². The van der Waals surface area contributed by atoms with Gasteiger partial charge in [0, 0.05) is 12.3 Å². The molecule has 1 aromatic heterocycles. The minimum atomic E-state index is -0.152. The SMILES string of the molecule is CC(=O)Nc1cn(O)c2ccccc12. The molecule has 2 N–H and O–H groups in total. The number of hydrogen-bond acceptors (Lipinski definition) is 2. The van der Waals surface area contributed by atoms with Crippen molar-refractivity contribution in [1.29, 1.82) is 0 Å². The van der Waals surface area contributed by atoms with Gasteiger partial charge in [-0.25, -0.2) is 0 Å². The van der Waals surface area contributed by atoms with Crippen LogP contribution in [-0.2, 0) is 4.79 Å². The van der Waals surface area contributed by atoms with Gasteiger partial charge in [0.1, 0.15) is 0 Å². The summed E-state index contributed by atoms with van der Waals surface area (Å²) in [7, 11) is 0. The molecule has 14 heavy (non-hydrogen) atoms. The standard InChI is InChI=1S/C10H10N2O2/c1-7(13)11-9-6-12(14)10-5-3-2-4-8(9)10/h2-6,14H,1H3,(H,11,13). The first-order chi connectivity index (χ1) is 6.68. The normalized spacial score (nSPS) is 10.4. The molecule has 0 unspecified atom stereocenters. The van der Waals surface area contributed by atoms with Gasteiger partial charge in [-0.05, 0) is 6.07 Å². The molecule has 1 amide bonds. The maximum absolute atomic E-state index is 10.9. The molecule has 0 aliphatic rings. The number of fused-ring (bicyclic) bond motifs is 1. The van der Waals surface area contributed by atoms with Gasteiger partial charge in [0.15, 0.2) is 0 Å². The average molecular weight is 190 g/mol. The smallest absolute Gasteiger partial charge is 0.221 e. The molecule has 0 radical (unpaired) electrons. The summed E-state index contributed by atoms with van der Waals surface area (Å²) >= 11 is 0. The van der Waals surface area contributed by atoms with Crippen LogP contribution >= 0.6 is 0 Å². The quantitative estimate of drug-likeness (QED) is 0.674. The highest BCUT2D eigenvalue weighted by Crippen LogP contribution is 2.24. The molecule has 2 rings (SSSR count). The second-order valence-electron chi connectivity index (χ2n) is 3.09. The zero-order chi connectivity index (χ0) is 10.1. The molecular weight excluding hydrogens is 180 g/mol. The first-order valence-electron chi connectivity index (χ1n) is 4.25. The molecule has 4 nitrogen and oxygen atoms in total. The topological polar surface area (TPSA) is 54.3 Å². The Morgan fingerprint density at radius 3 is 2.86 bits per heavy atom. The number of rotatable bonds is 1. The van der Waals surface area contributed by atoms with Crippen LogP contribution in [0.4, 0.5) is 5.69 Å². The predicted molar refractivity (Wildman–Crippen MR) is 53.4 cm³/mol. The summed E-state index contributed by atoms with van der Waals surface area (Å²) in [6.07, 6.45) is 1.48. The van der Waals surface area contributed by atoms with Crippen molar-refractivity contribution in [3.63, 3.8) is 0 Å². The van der Waals surface area contributed by atoms with E-state index in [1.54, 1.807) is 6.07 Å². The lowest BCUT2D eigenvalue weighted by Gasteiger charge is -1.97. The Morgan fingerprint density at radius 1 is 1.43 bits per heavy atom. The number of amides is 1. The fraction of sp³-hybridized carbons (Fsp3) is 0.100. The van der Waals surface area contributed by atoms with E-state index < -0.39 is 0 Å². The molecule has 2 aromatic rings. The van der Waals surface area contributed by atoms with Crippen LogP contribution in [0.2, 0.25) is 0 Å². The molecular formula is C10H10N2O2. The number of para-hydroxylation sites is 1. The molecule has 0 fully saturated rings. The number of benzene rings is 1. The van der Waals surface area contributed by atoms with Gasteiger partial charge in [0.05, 0.1) is 17.4 Å². The van der Waals surface area contributed by atoms with Crippen molar-refractivity contribution in [3.8, 4) is 0 Å². The summed E-state index contributed by atoms with van der Waals surface area (Å²) in [5, 5.41) is 12.9. The largest absolute Gasteiger partial charge is 0.428 e. The van der Waals surface area contributed by atoms with E-state index in [1.807, 2.05) is 18.2 Å². The van der Waals surface area contributed by atoms with Gasteiger partial charge >= 0.3 is 0 Å². The zero-order valence-electron chi connectivity index (χ0n) is 7.69. The van der Waals surface area contributed by atoms with Crippen LogP contribution in [0.5, 0.6) is 0 Å². The van der Waals surface area contributed by atoms with E-state index in [0.717, 1.165) is 10.1 Å². The van der Waals surface area contributed by atoms with Crippen LogP contribution in [0.25, 0.3) is 10.9 Å². The molecule has 0 saturated carbocycles. The zero-order valence-corrected chi connectivity index (χ0v) is 7.69. The van der Waals surface area contributed by atoms with Crippen LogP contribution in [0, 0.1) is 0 Å². The minimum Gasteiger partial charge on any atom is -0.428 e. The van der Waals surface area contributed by atoms with Gasteiger partial charge in [-0.3, -0.25) is 4.79 Å². The molecule has 72 valence electrons. The maximum atomic E-state index is 10.9. The predicted octanol–water partition coefficient (Wildman–Crippen LogP) is 1.84. The van der Waals surface area contributed by atoms with E-state index in [2.05, 4.69) is 5.32 Å². The Kier molecular flexibility index (Phi) is 1.89. The monoisotopic (exact) mass is 190 g/mol. The van der Waals surface area contributed by atoms with Gasteiger partial charge in [-0.2, -0.15) is 4.73 Å². The summed E-state index contributed by atoms with van der Waals surface area (Å²) < 4.78 is 1.00. The first kappa shape index (κ1) is 8.62. The molecule has 0 bridgehead atoms. The van der Waals surface area contributed by atoms with E-state index in [9.17, 15) is 10.0 Å². The third kappa shape index (κ3) is 1.31. The van der Waals surface area contributed by atoms with Gasteiger partial charge < -0.3 is 10.5 Å². The van der Waals surface area contributed by atoms with Crippen molar-refractivity contribution >= 4 is 22.5 Å². The molecule has 0 spiro atoms. The highest BCUT2D eigenvalue weighted by molar-refractivity contribution is 6.00. The number of hydrogen-bond donors (Lipinski definition) is 2. The number of nitrogens with zero attached hydrogens (tertiary/aromatic N) is 1. The first-order valence-corrected chi connectivity index (χ1v) is 4.25. The van der Waals surface area contributed by atoms with E-state index in [-0.39, 0.29) is 5.91 Å². The van der Waals surface area contributed by atoms with E-state index in [0.29, 0.717) is 11.2 Å². The number of nitrogens with one attached hydrogen (secondary N) is 1. The Labute approximate surface area is 80.7 Å². The molecule has 0 atom stereocenters. The van der Waals surface area contributed by atoms with Crippen LogP contribution < -0.4 is 5.32 Å². The summed E-state index contributed by atoms with van der Waals surface area (Å²) in [6.45, 7) is 1.43. The van der Waals surface area contributed by atoms with Crippen molar-refractivity contribution in [2.75, 3.05) is 5.32 Å². The van der Waals surface area contributed by atoms with Crippen LogP contribution in [0.3, 0.4) is 0 Å². The second kappa shape index (κ2) is 3.06. The molecule has 1 aromatic carbocycles. The Morgan fingerprint density at radius 2 is 2.14 bits per heavy atom. The lowest BCUT2D eigenvalue weighted by Crippen LogP contribution is -2.04. The van der Waals surface area contributed by atoms with E-state index in [1.165, 1.54) is 13.1 Å². The third-order valence-electron chi connectivity index (χ3n) is 2.00. The van der Waals surface area contributed by atoms with Crippen molar-refractivity contribution in [1.82, 2.24) is 4.73 Å². The Balaban J connectivity index is 2.60. The lowest BCUT2D eigenvalue weighted by molar-refractivity contribution is -0.114. The Hall–Kier alpha value is -1.97. The maximum Gasteiger partial charge on any atom is 0.221 e. The number of carbonyl (C=O) groups excluding carboxylic acids is 1. The van der Waals surface area contributed by atoms with Crippen LogP contribution in [0.1, 0.15) is 6.92 Å². The second-order valence-corrected chi connectivity index (χ2v) is 3.09. The molecule has 0 saturated heterocycles. The van der Waals surface area contributed by atoms with E-state index in [4.69, 9.17) is 0 Å². The summed E-state index contributed by atoms with van der Waals surface area (Å²) in [5.74, 6) is -0.152. The third-order valence-corrected chi connectivity index (χ3v) is 2.00. The number of carbonyl (C=O) groups is 1. The average Bonchev–Trinajstić information content (AvgIpc) is 2.44. The highest BCUT2D eigenvalue weighted by Gasteiger charge is 2.07.